The molecular formula is C10H12BrN5O2. The van der Waals surface area contributed by atoms with E-state index in [0.29, 0.717) is 21.7 Å². The Morgan fingerprint density at radius 2 is 2.33 bits per heavy atom. The monoisotopic (exact) mass is 313 g/mol. The molecule has 2 aromatic heterocycles. The molecule has 0 bridgehead atoms. The van der Waals surface area contributed by atoms with E-state index in [-0.39, 0.29) is 18.9 Å². The first-order chi connectivity index (χ1) is 8.70. The zero-order chi connectivity index (χ0) is 12.7. The lowest BCUT2D eigenvalue weighted by molar-refractivity contribution is -0.0217. The van der Waals surface area contributed by atoms with E-state index in [9.17, 15) is 0 Å². The van der Waals surface area contributed by atoms with Gasteiger partial charge in [-0.2, -0.15) is 0 Å². The third-order valence-electron chi connectivity index (χ3n) is 3.04. The summed E-state index contributed by atoms with van der Waals surface area (Å²) in [6.45, 7) is 0.0257. The van der Waals surface area contributed by atoms with E-state index in [1.165, 1.54) is 6.33 Å². The molecule has 1 fully saturated rings. The number of nitrogens with zero attached hydrogens (tertiary/aromatic N) is 4. The Bertz CT molecular complexity index is 587. The van der Waals surface area contributed by atoms with Crippen LogP contribution in [-0.2, 0) is 4.74 Å². The van der Waals surface area contributed by atoms with E-state index >= 15 is 0 Å². The molecule has 2 aromatic rings. The fraction of sp³-hybridized carbons (Fsp3) is 0.500. The smallest absolute Gasteiger partial charge is 0.181 e. The molecule has 0 radical (unpaired) electrons. The van der Waals surface area contributed by atoms with Crippen molar-refractivity contribution in [2.24, 2.45) is 0 Å². The highest BCUT2D eigenvalue weighted by molar-refractivity contribution is 9.10. The Morgan fingerprint density at radius 3 is 3.06 bits per heavy atom. The molecule has 0 spiro atoms. The molecule has 0 aromatic carbocycles. The van der Waals surface area contributed by atoms with Crippen molar-refractivity contribution in [3.63, 3.8) is 0 Å². The molecule has 2 unspecified atom stereocenters. The van der Waals surface area contributed by atoms with Gasteiger partial charge in [0.25, 0.3) is 0 Å². The van der Waals surface area contributed by atoms with Gasteiger partial charge in [-0.25, -0.2) is 15.0 Å². The quantitative estimate of drug-likeness (QED) is 0.797. The lowest BCUT2D eigenvalue weighted by atomic mass is 10.2. The van der Waals surface area contributed by atoms with E-state index in [4.69, 9.17) is 15.6 Å². The van der Waals surface area contributed by atoms with Gasteiger partial charge in [0.05, 0.1) is 12.7 Å². The molecule has 2 atom stereocenters. The second kappa shape index (κ2) is 4.45. The number of nitrogens with two attached hydrogens (primary N) is 1. The summed E-state index contributed by atoms with van der Waals surface area (Å²) >= 11 is 3.38. The Balaban J connectivity index is 2.07. The predicted molar refractivity (Wildman–Crippen MR) is 67.7 cm³/mol. The fourth-order valence-electron chi connectivity index (χ4n) is 2.17. The molecule has 1 aliphatic heterocycles. The summed E-state index contributed by atoms with van der Waals surface area (Å²) in [5.41, 5.74) is 6.95. The van der Waals surface area contributed by atoms with Crippen LogP contribution in [0.15, 0.2) is 11.1 Å². The minimum absolute atomic E-state index is 0.0257. The van der Waals surface area contributed by atoms with Crippen LogP contribution < -0.4 is 5.73 Å². The number of nitrogen functional groups attached to an aromatic ring is 1. The van der Waals surface area contributed by atoms with Gasteiger partial charge in [0, 0.05) is 0 Å². The third kappa shape index (κ3) is 1.76. The summed E-state index contributed by atoms with van der Waals surface area (Å²) in [4.78, 5) is 12.4. The van der Waals surface area contributed by atoms with Gasteiger partial charge in [0.15, 0.2) is 21.7 Å². The number of hydrogen-bond acceptors (Lipinski definition) is 6. The molecule has 3 heterocycles. The highest BCUT2D eigenvalue weighted by Gasteiger charge is 2.29. The van der Waals surface area contributed by atoms with Crippen molar-refractivity contribution in [2.45, 2.75) is 25.2 Å². The summed E-state index contributed by atoms with van der Waals surface area (Å²) in [7, 11) is 0. The first-order valence-electron chi connectivity index (χ1n) is 5.61. The van der Waals surface area contributed by atoms with Gasteiger partial charge in [-0.15, -0.1) is 0 Å². The summed E-state index contributed by atoms with van der Waals surface area (Å²) in [5, 5.41) is 9.10. The third-order valence-corrected chi connectivity index (χ3v) is 3.60. The maximum atomic E-state index is 9.10. The summed E-state index contributed by atoms with van der Waals surface area (Å²) < 4.78 is 8.17. The van der Waals surface area contributed by atoms with E-state index in [1.807, 2.05) is 4.57 Å². The van der Waals surface area contributed by atoms with Crippen molar-refractivity contribution < 1.29 is 9.84 Å². The van der Waals surface area contributed by atoms with Crippen molar-refractivity contribution in [1.29, 1.82) is 0 Å². The molecule has 3 rings (SSSR count). The van der Waals surface area contributed by atoms with Gasteiger partial charge in [-0.05, 0) is 28.8 Å². The zero-order valence-electron chi connectivity index (χ0n) is 9.45. The Labute approximate surface area is 111 Å². The number of aromatic nitrogens is 4. The van der Waals surface area contributed by atoms with Crippen LogP contribution in [0.25, 0.3) is 11.2 Å². The van der Waals surface area contributed by atoms with Crippen LogP contribution in [0.2, 0.25) is 0 Å². The molecule has 0 amide bonds. The van der Waals surface area contributed by atoms with Gasteiger partial charge in [0.2, 0.25) is 0 Å². The number of hydrogen-bond donors (Lipinski definition) is 2. The number of rotatable bonds is 2. The van der Waals surface area contributed by atoms with E-state index in [1.54, 1.807) is 0 Å². The minimum atomic E-state index is -0.184. The van der Waals surface area contributed by atoms with Gasteiger partial charge < -0.3 is 15.6 Å². The average molecular weight is 314 g/mol. The summed E-state index contributed by atoms with van der Waals surface area (Å²) in [6, 6.07) is 0. The predicted octanol–water partition coefficient (Wildman–Crippen LogP) is 0.841. The second-order valence-electron chi connectivity index (χ2n) is 4.15. The highest BCUT2D eigenvalue weighted by atomic mass is 79.9. The molecule has 1 saturated heterocycles. The number of anilines is 1. The molecule has 0 aliphatic carbocycles. The van der Waals surface area contributed by atoms with E-state index < -0.39 is 0 Å². The molecular weight excluding hydrogens is 302 g/mol. The van der Waals surface area contributed by atoms with Crippen molar-refractivity contribution in [2.75, 3.05) is 12.3 Å². The molecule has 18 heavy (non-hydrogen) atoms. The molecule has 8 heteroatoms. The van der Waals surface area contributed by atoms with Crippen LogP contribution in [0.1, 0.15) is 19.1 Å². The topological polar surface area (TPSA) is 99.1 Å². The van der Waals surface area contributed by atoms with Crippen LogP contribution in [0, 0.1) is 0 Å². The Kier molecular flexibility index (Phi) is 2.92. The molecule has 7 nitrogen and oxygen atoms in total. The van der Waals surface area contributed by atoms with Gasteiger partial charge in [0.1, 0.15) is 12.6 Å². The molecule has 1 aliphatic rings. The first-order valence-corrected chi connectivity index (χ1v) is 6.40. The minimum Gasteiger partial charge on any atom is -0.394 e. The van der Waals surface area contributed by atoms with Gasteiger partial charge in [-0.3, -0.25) is 4.57 Å². The van der Waals surface area contributed by atoms with Crippen LogP contribution in [0.3, 0.4) is 0 Å². The van der Waals surface area contributed by atoms with Crippen molar-refractivity contribution in [1.82, 2.24) is 19.5 Å². The van der Waals surface area contributed by atoms with Gasteiger partial charge in [-0.1, -0.05) is 0 Å². The van der Waals surface area contributed by atoms with E-state index in [0.717, 1.165) is 12.8 Å². The van der Waals surface area contributed by atoms with Crippen LogP contribution in [0.4, 0.5) is 5.82 Å². The zero-order valence-corrected chi connectivity index (χ0v) is 11.0. The number of fused-ring (bicyclic) bond motifs is 1. The van der Waals surface area contributed by atoms with Gasteiger partial charge >= 0.3 is 0 Å². The largest absolute Gasteiger partial charge is 0.394 e. The summed E-state index contributed by atoms with van der Waals surface area (Å²) in [5.74, 6) is 0.344. The number of imidazole rings is 1. The molecule has 96 valence electrons. The number of halogens is 1. The fourth-order valence-corrected chi connectivity index (χ4v) is 2.74. The lowest BCUT2D eigenvalue weighted by Crippen LogP contribution is -2.14. The normalized spacial score (nSPS) is 23.9. The Hall–Kier alpha value is -1.25. The van der Waals surface area contributed by atoms with Crippen molar-refractivity contribution >= 4 is 32.9 Å². The Morgan fingerprint density at radius 1 is 1.50 bits per heavy atom. The summed E-state index contributed by atoms with van der Waals surface area (Å²) in [6.07, 6.45) is 2.71. The standard InChI is InChI=1S/C10H12BrN5O2/c11-10-15-7-8(12)13-4-14-9(7)16(10)6-2-1-5(3-17)18-6/h4-6,17H,1-3H2,(H2,12,13,14). The second-order valence-corrected chi connectivity index (χ2v) is 4.86. The molecule has 3 N–H and O–H groups in total. The van der Waals surface area contributed by atoms with E-state index in [2.05, 4.69) is 30.9 Å². The first kappa shape index (κ1) is 11.8. The van der Waals surface area contributed by atoms with Crippen molar-refractivity contribution in [3.05, 3.63) is 11.1 Å². The highest BCUT2D eigenvalue weighted by Crippen LogP contribution is 2.34. The van der Waals surface area contributed by atoms with Crippen molar-refractivity contribution in [3.8, 4) is 0 Å². The number of aliphatic hydroxyl groups is 1. The average Bonchev–Trinajstić information content (AvgIpc) is 2.93. The number of aliphatic hydroxyl groups excluding tert-OH is 1. The van der Waals surface area contributed by atoms with Crippen LogP contribution in [-0.4, -0.2) is 37.3 Å². The SMILES string of the molecule is Nc1ncnc2c1nc(Br)n2C1CCC(CO)O1. The maximum absolute atomic E-state index is 9.10. The van der Waals surface area contributed by atoms with Crippen LogP contribution in [0.5, 0.6) is 0 Å². The maximum Gasteiger partial charge on any atom is 0.181 e. The molecule has 0 saturated carbocycles. The number of ether oxygens (including phenoxy) is 1. The van der Waals surface area contributed by atoms with Crippen LogP contribution >= 0.6 is 15.9 Å². The lowest BCUT2D eigenvalue weighted by Gasteiger charge is -2.14.